The van der Waals surface area contributed by atoms with Gasteiger partial charge in [0, 0.05) is 22.9 Å². The van der Waals surface area contributed by atoms with Crippen LogP contribution < -0.4 is 0 Å². The Balaban J connectivity index is 2.36. The molecule has 1 unspecified atom stereocenters. The lowest BCUT2D eigenvalue weighted by Crippen LogP contribution is -1.90. The predicted molar refractivity (Wildman–Crippen MR) is 54.7 cm³/mol. The first-order valence-corrected chi connectivity index (χ1v) is 5.31. The fourth-order valence-electron chi connectivity index (χ4n) is 1.16. The Morgan fingerprint density at radius 3 is 2.20 bits per heavy atom. The van der Waals surface area contributed by atoms with E-state index >= 15 is 0 Å². The van der Waals surface area contributed by atoms with Gasteiger partial charge in [-0.3, -0.25) is 4.21 Å². The molecule has 0 N–H and O–H groups in total. The summed E-state index contributed by atoms with van der Waals surface area (Å²) < 4.78 is 21.2. The van der Waals surface area contributed by atoms with Crippen LogP contribution in [0.4, 0.5) is 0 Å². The molecule has 0 saturated carbocycles. The quantitative estimate of drug-likeness (QED) is 0.716. The van der Waals surface area contributed by atoms with Crippen molar-refractivity contribution in [1.29, 1.82) is 0 Å². The average Bonchev–Trinajstić information content (AvgIpc) is 2.30. The van der Waals surface area contributed by atoms with Gasteiger partial charge in [0.2, 0.25) is 0 Å². The first-order valence-electron chi connectivity index (χ1n) is 4.24. The summed E-state index contributed by atoms with van der Waals surface area (Å²) in [5.74, 6) is 0.584. The standard InChI is InChI=1S/C10H8N2O2S/c13-15(14)9-4-2-8(3-5-9)10-11-6-1-7-12-10/h1-7H,(H,13,14)/p-1. The molecule has 0 fully saturated rings. The van der Waals surface area contributed by atoms with Crippen LogP contribution in [-0.2, 0) is 11.1 Å². The smallest absolute Gasteiger partial charge is 0.159 e. The summed E-state index contributed by atoms with van der Waals surface area (Å²) in [7, 11) is 0. The van der Waals surface area contributed by atoms with Crippen molar-refractivity contribution in [2.24, 2.45) is 0 Å². The van der Waals surface area contributed by atoms with Crippen molar-refractivity contribution in [2.45, 2.75) is 4.90 Å². The molecule has 2 rings (SSSR count). The SMILES string of the molecule is O=S([O-])c1ccc(-c2ncccn2)cc1. The molecule has 0 aliphatic carbocycles. The van der Waals surface area contributed by atoms with Crippen molar-refractivity contribution in [3.8, 4) is 11.4 Å². The molecule has 0 bridgehead atoms. The molecule has 1 atom stereocenters. The molecule has 1 aromatic heterocycles. The van der Waals surface area contributed by atoms with Gasteiger partial charge in [-0.1, -0.05) is 12.1 Å². The number of hydrogen-bond donors (Lipinski definition) is 0. The van der Waals surface area contributed by atoms with Crippen LogP contribution in [0, 0.1) is 0 Å². The van der Waals surface area contributed by atoms with Crippen LogP contribution in [0.5, 0.6) is 0 Å². The minimum atomic E-state index is -2.18. The van der Waals surface area contributed by atoms with Crippen LogP contribution in [0.2, 0.25) is 0 Å². The molecule has 0 saturated heterocycles. The third kappa shape index (κ3) is 2.26. The van der Waals surface area contributed by atoms with Gasteiger partial charge in [0.15, 0.2) is 5.82 Å². The lowest BCUT2D eigenvalue weighted by molar-refractivity contribution is 0.537. The van der Waals surface area contributed by atoms with Crippen LogP contribution >= 0.6 is 0 Å². The number of benzene rings is 1. The Kier molecular flexibility index (Phi) is 2.84. The van der Waals surface area contributed by atoms with Crippen molar-refractivity contribution in [3.05, 3.63) is 42.7 Å². The summed E-state index contributed by atoms with van der Waals surface area (Å²) in [6, 6.07) is 8.13. The maximum absolute atomic E-state index is 10.6. The summed E-state index contributed by atoms with van der Waals surface area (Å²) in [6.07, 6.45) is 3.28. The normalized spacial score (nSPS) is 12.3. The van der Waals surface area contributed by atoms with Gasteiger partial charge >= 0.3 is 0 Å². The summed E-state index contributed by atoms with van der Waals surface area (Å²) in [5.41, 5.74) is 0.796. The van der Waals surface area contributed by atoms with Crippen molar-refractivity contribution < 1.29 is 8.76 Å². The zero-order valence-corrected chi connectivity index (χ0v) is 8.48. The molecule has 4 nitrogen and oxygen atoms in total. The van der Waals surface area contributed by atoms with E-state index < -0.39 is 11.1 Å². The van der Waals surface area contributed by atoms with E-state index in [0.29, 0.717) is 5.82 Å². The van der Waals surface area contributed by atoms with Gasteiger partial charge in [-0.25, -0.2) is 9.97 Å². The summed E-state index contributed by atoms with van der Waals surface area (Å²) in [6.45, 7) is 0. The van der Waals surface area contributed by atoms with Crippen LogP contribution in [0.1, 0.15) is 0 Å². The summed E-state index contributed by atoms with van der Waals surface area (Å²) in [5, 5.41) is 0. The highest BCUT2D eigenvalue weighted by molar-refractivity contribution is 7.79. The molecule has 1 aromatic carbocycles. The molecule has 0 aliphatic heterocycles. The fourth-order valence-corrected chi connectivity index (χ4v) is 1.52. The second-order valence-corrected chi connectivity index (χ2v) is 3.77. The fraction of sp³-hybridized carbons (Fsp3) is 0. The van der Waals surface area contributed by atoms with Gasteiger partial charge in [0.1, 0.15) is 0 Å². The molecular weight excluding hydrogens is 212 g/mol. The molecule has 0 amide bonds. The van der Waals surface area contributed by atoms with E-state index in [0.717, 1.165) is 5.56 Å². The summed E-state index contributed by atoms with van der Waals surface area (Å²) in [4.78, 5) is 8.38. The number of nitrogens with zero attached hydrogens (tertiary/aromatic N) is 2. The van der Waals surface area contributed by atoms with Crippen molar-refractivity contribution >= 4 is 11.1 Å². The van der Waals surface area contributed by atoms with E-state index in [-0.39, 0.29) is 4.90 Å². The lowest BCUT2D eigenvalue weighted by atomic mass is 10.2. The second kappa shape index (κ2) is 4.29. The van der Waals surface area contributed by atoms with Crippen LogP contribution in [-0.4, -0.2) is 18.7 Å². The van der Waals surface area contributed by atoms with E-state index in [1.54, 1.807) is 30.6 Å². The zero-order valence-electron chi connectivity index (χ0n) is 7.66. The molecule has 0 radical (unpaired) electrons. The highest BCUT2D eigenvalue weighted by Gasteiger charge is 1.99. The average molecular weight is 219 g/mol. The van der Waals surface area contributed by atoms with Crippen molar-refractivity contribution in [2.75, 3.05) is 0 Å². The van der Waals surface area contributed by atoms with Gasteiger partial charge in [-0.05, 0) is 29.3 Å². The molecule has 5 heteroatoms. The zero-order chi connectivity index (χ0) is 10.7. The van der Waals surface area contributed by atoms with E-state index in [2.05, 4.69) is 9.97 Å². The van der Waals surface area contributed by atoms with Crippen LogP contribution in [0.15, 0.2) is 47.6 Å². The monoisotopic (exact) mass is 219 g/mol. The van der Waals surface area contributed by atoms with E-state index in [1.165, 1.54) is 12.1 Å². The minimum absolute atomic E-state index is 0.259. The van der Waals surface area contributed by atoms with Gasteiger partial charge in [0.05, 0.1) is 0 Å². The highest BCUT2D eigenvalue weighted by Crippen LogP contribution is 2.15. The molecule has 0 aliphatic rings. The molecular formula is C10H7N2O2S-. The molecule has 1 heterocycles. The lowest BCUT2D eigenvalue weighted by Gasteiger charge is -2.05. The van der Waals surface area contributed by atoms with Gasteiger partial charge in [0.25, 0.3) is 0 Å². The van der Waals surface area contributed by atoms with Gasteiger partial charge in [-0.2, -0.15) is 0 Å². The van der Waals surface area contributed by atoms with Crippen LogP contribution in [0.3, 0.4) is 0 Å². The Hall–Kier alpha value is -1.59. The molecule has 76 valence electrons. The van der Waals surface area contributed by atoms with E-state index in [1.807, 2.05) is 0 Å². The largest absolute Gasteiger partial charge is 0.768 e. The topological polar surface area (TPSA) is 65.9 Å². The Morgan fingerprint density at radius 1 is 1.07 bits per heavy atom. The Morgan fingerprint density at radius 2 is 1.67 bits per heavy atom. The van der Waals surface area contributed by atoms with E-state index in [9.17, 15) is 8.76 Å². The first kappa shape index (κ1) is 9.95. The highest BCUT2D eigenvalue weighted by atomic mass is 32.2. The maximum Gasteiger partial charge on any atom is 0.159 e. The van der Waals surface area contributed by atoms with Crippen molar-refractivity contribution in [1.82, 2.24) is 9.97 Å². The maximum atomic E-state index is 10.6. The Bertz CT molecular complexity index is 471. The number of aromatic nitrogens is 2. The second-order valence-electron chi connectivity index (χ2n) is 2.83. The van der Waals surface area contributed by atoms with Gasteiger partial charge < -0.3 is 4.55 Å². The summed E-state index contributed by atoms with van der Waals surface area (Å²) >= 11 is -2.18. The Labute approximate surface area is 89.3 Å². The molecule has 15 heavy (non-hydrogen) atoms. The molecule has 0 spiro atoms. The first-order chi connectivity index (χ1) is 7.27. The number of hydrogen-bond acceptors (Lipinski definition) is 4. The third-order valence-corrected chi connectivity index (χ3v) is 2.53. The predicted octanol–water partition coefficient (Wildman–Crippen LogP) is 1.38. The van der Waals surface area contributed by atoms with Gasteiger partial charge in [-0.15, -0.1) is 0 Å². The minimum Gasteiger partial charge on any atom is -0.768 e. The van der Waals surface area contributed by atoms with Crippen LogP contribution in [0.25, 0.3) is 11.4 Å². The number of rotatable bonds is 2. The van der Waals surface area contributed by atoms with Crippen molar-refractivity contribution in [3.63, 3.8) is 0 Å². The third-order valence-electron chi connectivity index (χ3n) is 1.87. The molecule has 2 aromatic rings. The van der Waals surface area contributed by atoms with E-state index in [4.69, 9.17) is 0 Å².